The van der Waals surface area contributed by atoms with Gasteiger partial charge in [0.25, 0.3) is 11.1 Å². The summed E-state index contributed by atoms with van der Waals surface area (Å²) in [6.45, 7) is 0. The van der Waals surface area contributed by atoms with Crippen molar-refractivity contribution in [2.45, 2.75) is 10.3 Å². The Morgan fingerprint density at radius 2 is 1.20 bits per heavy atom. The van der Waals surface area contributed by atoms with Crippen molar-refractivity contribution in [1.82, 2.24) is 19.9 Å². The van der Waals surface area contributed by atoms with Gasteiger partial charge in [0.1, 0.15) is 34.9 Å². The van der Waals surface area contributed by atoms with Crippen LogP contribution in [0.3, 0.4) is 0 Å². The molecule has 0 radical (unpaired) electrons. The van der Waals surface area contributed by atoms with Gasteiger partial charge in [0.05, 0.1) is 16.5 Å². The minimum absolute atomic E-state index is 0.0431. The monoisotopic (exact) mass is 506 g/mol. The SMILES string of the molecule is N#Cc1c(-c2cccc(F)c2)nc(SCSc2nc(-c3cccc(F)c3)c(C#N)c(=O)[nH]2)[nH]c1=O. The van der Waals surface area contributed by atoms with Crippen LogP contribution >= 0.6 is 23.5 Å². The Hall–Kier alpha value is -4.26. The molecule has 2 heterocycles. The lowest BCUT2D eigenvalue weighted by atomic mass is 10.1. The van der Waals surface area contributed by atoms with Crippen LogP contribution < -0.4 is 11.1 Å². The average molecular weight is 507 g/mol. The molecule has 0 amide bonds. The van der Waals surface area contributed by atoms with Gasteiger partial charge in [0.2, 0.25) is 0 Å². The van der Waals surface area contributed by atoms with Crippen molar-refractivity contribution in [1.29, 1.82) is 10.5 Å². The molecule has 0 fully saturated rings. The van der Waals surface area contributed by atoms with Gasteiger partial charge < -0.3 is 9.97 Å². The molecule has 0 spiro atoms. The maximum Gasteiger partial charge on any atom is 0.270 e. The van der Waals surface area contributed by atoms with Gasteiger partial charge in [-0.15, -0.1) is 0 Å². The highest BCUT2D eigenvalue weighted by Crippen LogP contribution is 2.28. The van der Waals surface area contributed by atoms with E-state index in [2.05, 4.69) is 19.9 Å². The molecule has 8 nitrogen and oxygen atoms in total. The van der Waals surface area contributed by atoms with Crippen molar-refractivity contribution in [2.24, 2.45) is 0 Å². The van der Waals surface area contributed by atoms with E-state index in [1.54, 1.807) is 12.1 Å². The number of halogens is 2. The summed E-state index contributed by atoms with van der Waals surface area (Å²) in [7, 11) is 0. The molecule has 12 heteroatoms. The lowest BCUT2D eigenvalue weighted by Gasteiger charge is -2.08. The lowest BCUT2D eigenvalue weighted by molar-refractivity contribution is 0.628. The Bertz CT molecular complexity index is 1520. The number of rotatable bonds is 6. The Balaban J connectivity index is 1.60. The second-order valence-corrected chi connectivity index (χ2v) is 9.13. The molecule has 0 aliphatic heterocycles. The van der Waals surface area contributed by atoms with Gasteiger partial charge in [-0.05, 0) is 24.3 Å². The van der Waals surface area contributed by atoms with Gasteiger partial charge in [0.15, 0.2) is 10.3 Å². The van der Waals surface area contributed by atoms with Gasteiger partial charge in [-0.25, -0.2) is 18.7 Å². The topological polar surface area (TPSA) is 139 Å². The van der Waals surface area contributed by atoms with Crippen LogP contribution in [-0.4, -0.2) is 25.0 Å². The highest BCUT2D eigenvalue weighted by atomic mass is 32.2. The van der Waals surface area contributed by atoms with Crippen LogP contribution in [0.1, 0.15) is 11.1 Å². The zero-order valence-electron chi connectivity index (χ0n) is 17.5. The van der Waals surface area contributed by atoms with E-state index in [0.29, 0.717) is 0 Å². The molecular weight excluding hydrogens is 494 g/mol. The third-order valence-corrected chi connectivity index (χ3v) is 6.48. The van der Waals surface area contributed by atoms with Crippen LogP contribution in [0.5, 0.6) is 0 Å². The number of nitrogens with zero attached hydrogens (tertiary/aromatic N) is 4. The van der Waals surface area contributed by atoms with Gasteiger partial charge in [-0.2, -0.15) is 10.5 Å². The Kier molecular flexibility index (Phi) is 7.06. The minimum Gasteiger partial charge on any atom is -0.300 e. The molecule has 2 aromatic carbocycles. The normalized spacial score (nSPS) is 10.5. The summed E-state index contributed by atoms with van der Waals surface area (Å²) < 4.78 is 27.3. The summed E-state index contributed by atoms with van der Waals surface area (Å²) in [5.74, 6) is -1.08. The van der Waals surface area contributed by atoms with E-state index in [1.807, 2.05) is 0 Å². The van der Waals surface area contributed by atoms with Crippen molar-refractivity contribution in [3.8, 4) is 34.7 Å². The van der Waals surface area contributed by atoms with Gasteiger partial charge in [-0.3, -0.25) is 9.59 Å². The number of hydrogen-bond acceptors (Lipinski definition) is 8. The number of benzene rings is 2. The molecule has 0 aliphatic rings. The fourth-order valence-electron chi connectivity index (χ4n) is 3.08. The molecule has 2 N–H and O–H groups in total. The number of nitriles is 2. The lowest BCUT2D eigenvalue weighted by Crippen LogP contribution is -2.15. The van der Waals surface area contributed by atoms with Crippen LogP contribution in [0, 0.1) is 34.3 Å². The minimum atomic E-state index is -0.674. The smallest absolute Gasteiger partial charge is 0.270 e. The molecule has 0 unspecified atom stereocenters. The van der Waals surface area contributed by atoms with Crippen molar-refractivity contribution in [3.63, 3.8) is 0 Å². The predicted molar refractivity (Wildman–Crippen MR) is 127 cm³/mol. The number of aromatic nitrogens is 4. The molecule has 0 saturated carbocycles. The largest absolute Gasteiger partial charge is 0.300 e. The van der Waals surface area contributed by atoms with E-state index in [4.69, 9.17) is 0 Å². The van der Waals surface area contributed by atoms with Crippen LogP contribution in [0.15, 0.2) is 68.4 Å². The molecule has 0 atom stereocenters. The van der Waals surface area contributed by atoms with E-state index < -0.39 is 22.8 Å². The molecule has 0 saturated heterocycles. The van der Waals surface area contributed by atoms with E-state index in [-0.39, 0.29) is 49.0 Å². The Labute approximate surface area is 204 Å². The van der Waals surface area contributed by atoms with Crippen LogP contribution in [-0.2, 0) is 0 Å². The summed E-state index contributed by atoms with van der Waals surface area (Å²) in [5.41, 5.74) is -1.20. The highest BCUT2D eigenvalue weighted by molar-refractivity contribution is 8.15. The molecule has 172 valence electrons. The second kappa shape index (κ2) is 10.3. The first-order valence-corrected chi connectivity index (χ1v) is 11.7. The maximum absolute atomic E-state index is 13.7. The van der Waals surface area contributed by atoms with Gasteiger partial charge in [-0.1, -0.05) is 47.8 Å². The summed E-state index contributed by atoms with van der Waals surface area (Å²) in [4.78, 5) is 38.3. The molecule has 4 rings (SSSR count). The van der Waals surface area contributed by atoms with Crippen molar-refractivity contribution in [2.75, 3.05) is 5.08 Å². The third kappa shape index (κ3) is 5.30. The molecule has 35 heavy (non-hydrogen) atoms. The van der Waals surface area contributed by atoms with E-state index in [1.165, 1.54) is 48.5 Å². The fourth-order valence-corrected chi connectivity index (χ4v) is 4.85. The summed E-state index contributed by atoms with van der Waals surface area (Å²) in [6, 6.07) is 14.4. The number of nitrogens with one attached hydrogen (secondary N) is 2. The molecule has 0 aliphatic carbocycles. The molecule has 4 aromatic rings. The first-order valence-electron chi connectivity index (χ1n) is 9.76. The van der Waals surface area contributed by atoms with Crippen molar-refractivity contribution < 1.29 is 8.78 Å². The standard InChI is InChI=1S/C23H12F2N6O2S2/c24-14-5-1-3-12(7-14)18-16(9-26)20(32)30-22(28-18)34-11-35-23-29-19(17(10-27)21(33)31-23)13-4-2-6-15(25)8-13/h1-8H,11H2,(H,28,30,32)(H,29,31,33). The summed E-state index contributed by atoms with van der Waals surface area (Å²) >= 11 is 2.18. The predicted octanol–water partition coefficient (Wildman–Crippen LogP) is 4.05. The fraction of sp³-hybridized carbons (Fsp3) is 0.0435. The number of hydrogen-bond donors (Lipinski definition) is 2. The number of aromatic amines is 2. The van der Waals surface area contributed by atoms with E-state index in [9.17, 15) is 28.9 Å². The van der Waals surface area contributed by atoms with Crippen molar-refractivity contribution in [3.05, 3.63) is 92.0 Å². The number of thioether (sulfide) groups is 2. The van der Waals surface area contributed by atoms with Crippen LogP contribution in [0.2, 0.25) is 0 Å². The van der Waals surface area contributed by atoms with Crippen molar-refractivity contribution >= 4 is 23.5 Å². The maximum atomic E-state index is 13.7. The molecular formula is C23H12F2N6O2S2. The first kappa shape index (κ1) is 23.9. The molecule has 0 bridgehead atoms. The average Bonchev–Trinajstić information content (AvgIpc) is 2.83. The zero-order valence-corrected chi connectivity index (χ0v) is 19.1. The first-order chi connectivity index (χ1) is 16.9. The second-order valence-electron chi connectivity index (χ2n) is 6.84. The van der Waals surface area contributed by atoms with Gasteiger partial charge in [0, 0.05) is 11.1 Å². The summed E-state index contributed by atoms with van der Waals surface area (Å²) in [6.07, 6.45) is 0. The highest BCUT2D eigenvalue weighted by Gasteiger charge is 2.16. The Morgan fingerprint density at radius 1 is 0.771 bits per heavy atom. The van der Waals surface area contributed by atoms with Crippen LogP contribution in [0.25, 0.3) is 22.5 Å². The summed E-state index contributed by atoms with van der Waals surface area (Å²) in [5, 5.41) is 19.3. The quantitative estimate of drug-likeness (QED) is 0.227. The van der Waals surface area contributed by atoms with E-state index in [0.717, 1.165) is 23.5 Å². The van der Waals surface area contributed by atoms with Crippen LogP contribution in [0.4, 0.5) is 8.78 Å². The zero-order chi connectivity index (χ0) is 24.9. The van der Waals surface area contributed by atoms with E-state index >= 15 is 0 Å². The molecule has 2 aromatic heterocycles. The third-order valence-electron chi connectivity index (χ3n) is 4.61. The number of H-pyrrole nitrogens is 2. The Morgan fingerprint density at radius 3 is 1.57 bits per heavy atom. The van der Waals surface area contributed by atoms with Gasteiger partial charge >= 0.3 is 0 Å².